The Hall–Kier alpha value is -1.05. The summed E-state index contributed by atoms with van der Waals surface area (Å²) in [5.74, 6) is 1.20. The number of hydrogen-bond donors (Lipinski definition) is 0. The van der Waals surface area contributed by atoms with Gasteiger partial charge in [-0.2, -0.15) is 0 Å². The van der Waals surface area contributed by atoms with Crippen molar-refractivity contribution >= 4 is 6.29 Å². The molecule has 0 saturated heterocycles. The van der Waals surface area contributed by atoms with Gasteiger partial charge in [-0.3, -0.25) is 4.79 Å². The zero-order valence-electron chi connectivity index (χ0n) is 7.30. The fourth-order valence-electron chi connectivity index (χ4n) is 1.12. The van der Waals surface area contributed by atoms with Crippen molar-refractivity contribution in [2.75, 3.05) is 0 Å². The Balaban J connectivity index is 2.36. The summed E-state index contributed by atoms with van der Waals surface area (Å²) in [6, 6.07) is 3.50. The molecule has 65 valence electrons. The van der Waals surface area contributed by atoms with Crippen molar-refractivity contribution in [2.45, 2.75) is 32.6 Å². The summed E-state index contributed by atoms with van der Waals surface area (Å²) in [7, 11) is 0. The smallest absolute Gasteiger partial charge is 0.271 e. The van der Waals surface area contributed by atoms with Crippen LogP contribution in [0.15, 0.2) is 16.5 Å². The van der Waals surface area contributed by atoms with Crippen LogP contribution in [0.4, 0.5) is 0 Å². The average Bonchev–Trinajstić information content (AvgIpc) is 2.53. The lowest BCUT2D eigenvalue weighted by molar-refractivity contribution is 0.476. The Morgan fingerprint density at radius 2 is 2.25 bits per heavy atom. The molecule has 0 aliphatic heterocycles. The summed E-state index contributed by atoms with van der Waals surface area (Å²) in [5, 5.41) is 0. The highest BCUT2D eigenvalue weighted by Gasteiger charge is 2.00. The van der Waals surface area contributed by atoms with Crippen LogP contribution < -0.4 is 0 Å². The van der Waals surface area contributed by atoms with E-state index >= 15 is 0 Å². The van der Waals surface area contributed by atoms with Gasteiger partial charge < -0.3 is 4.42 Å². The third-order valence-electron chi connectivity index (χ3n) is 1.79. The van der Waals surface area contributed by atoms with Crippen molar-refractivity contribution in [3.8, 4) is 0 Å². The molecule has 1 aromatic heterocycles. The van der Waals surface area contributed by atoms with Gasteiger partial charge in [0.15, 0.2) is 5.76 Å². The van der Waals surface area contributed by atoms with Gasteiger partial charge in [-0.1, -0.05) is 19.8 Å². The summed E-state index contributed by atoms with van der Waals surface area (Å²) in [5.41, 5.74) is 0. The maximum atomic E-state index is 10.1. The lowest BCUT2D eigenvalue weighted by atomic mass is 10.2. The van der Waals surface area contributed by atoms with Crippen LogP contribution in [0.5, 0.6) is 0 Å². The van der Waals surface area contributed by atoms with E-state index in [1.807, 2.05) is 6.07 Å². The monoisotopic (exact) mass is 165 g/mol. The average molecular weight is 165 g/mol. The molecule has 0 saturated carbocycles. The van der Waals surface area contributed by atoms with Gasteiger partial charge in [0.1, 0.15) is 5.76 Å². The molecule has 1 rings (SSSR count). The van der Waals surface area contributed by atoms with Crippen LogP contribution in [0.1, 0.15) is 37.7 Å². The van der Waals surface area contributed by atoms with Gasteiger partial charge >= 0.3 is 0 Å². The predicted octanol–water partition coefficient (Wildman–Crippen LogP) is 2.47. The highest BCUT2D eigenvalue weighted by Crippen LogP contribution is 2.09. The van der Waals surface area contributed by atoms with Gasteiger partial charge in [-0.25, -0.2) is 0 Å². The minimum absolute atomic E-state index is 0.307. The molecule has 0 aromatic carbocycles. The van der Waals surface area contributed by atoms with Gasteiger partial charge in [0.05, 0.1) is 0 Å². The molecule has 1 radical (unpaired) electrons. The van der Waals surface area contributed by atoms with Crippen LogP contribution in [-0.4, -0.2) is 6.29 Å². The second-order valence-electron chi connectivity index (χ2n) is 2.83. The molecule has 0 N–H and O–H groups in total. The first-order chi connectivity index (χ1) is 5.86. The highest BCUT2D eigenvalue weighted by atomic mass is 16.3. The lowest BCUT2D eigenvalue weighted by Crippen LogP contribution is -1.81. The summed E-state index contributed by atoms with van der Waals surface area (Å²) in [6.45, 7) is 2.16. The van der Waals surface area contributed by atoms with E-state index in [2.05, 4.69) is 6.92 Å². The third-order valence-corrected chi connectivity index (χ3v) is 1.79. The molecule has 0 amide bonds. The zero-order chi connectivity index (χ0) is 8.81. The Bertz CT molecular complexity index is 238. The van der Waals surface area contributed by atoms with Crippen molar-refractivity contribution < 1.29 is 9.21 Å². The molecule has 1 aromatic rings. The molecule has 1 heterocycles. The second kappa shape index (κ2) is 4.75. The Kier molecular flexibility index (Phi) is 3.58. The number of rotatable bonds is 5. The van der Waals surface area contributed by atoms with E-state index in [4.69, 9.17) is 4.42 Å². The molecule has 0 bridgehead atoms. The van der Waals surface area contributed by atoms with Gasteiger partial charge in [0.2, 0.25) is 0 Å². The number of furan rings is 1. The van der Waals surface area contributed by atoms with Crippen molar-refractivity contribution in [3.05, 3.63) is 23.7 Å². The summed E-state index contributed by atoms with van der Waals surface area (Å²) in [6.07, 6.45) is 6.19. The van der Waals surface area contributed by atoms with Crippen LogP contribution >= 0.6 is 0 Å². The molecule has 0 fully saturated rings. The van der Waals surface area contributed by atoms with Crippen LogP contribution in [-0.2, 0) is 11.2 Å². The van der Waals surface area contributed by atoms with E-state index in [1.165, 1.54) is 12.8 Å². The molecular weight excluding hydrogens is 152 g/mol. The second-order valence-corrected chi connectivity index (χ2v) is 2.83. The Labute approximate surface area is 72.6 Å². The lowest BCUT2D eigenvalue weighted by Gasteiger charge is -1.93. The minimum atomic E-state index is 0.307. The van der Waals surface area contributed by atoms with Crippen molar-refractivity contribution in [1.29, 1.82) is 0 Å². The maximum Gasteiger partial charge on any atom is 0.271 e. The minimum Gasteiger partial charge on any atom is -0.457 e. The van der Waals surface area contributed by atoms with Crippen molar-refractivity contribution in [1.82, 2.24) is 0 Å². The van der Waals surface area contributed by atoms with E-state index in [0.717, 1.165) is 18.6 Å². The van der Waals surface area contributed by atoms with Crippen LogP contribution in [0.2, 0.25) is 0 Å². The van der Waals surface area contributed by atoms with E-state index in [9.17, 15) is 4.79 Å². The molecule has 0 aliphatic rings. The fourth-order valence-corrected chi connectivity index (χ4v) is 1.12. The number of carbonyl (C=O) groups excluding carboxylic acids is 1. The number of unbranched alkanes of at least 4 members (excludes halogenated alkanes) is 2. The van der Waals surface area contributed by atoms with E-state index in [-0.39, 0.29) is 0 Å². The first kappa shape index (κ1) is 9.04. The topological polar surface area (TPSA) is 30.2 Å². The van der Waals surface area contributed by atoms with Gasteiger partial charge in [-0.05, 0) is 18.6 Å². The number of hydrogen-bond acceptors (Lipinski definition) is 2. The van der Waals surface area contributed by atoms with Gasteiger partial charge in [0, 0.05) is 6.42 Å². The maximum absolute atomic E-state index is 10.1. The van der Waals surface area contributed by atoms with E-state index in [1.54, 1.807) is 12.4 Å². The normalized spacial score (nSPS) is 10.1. The zero-order valence-corrected chi connectivity index (χ0v) is 7.30. The van der Waals surface area contributed by atoms with Crippen LogP contribution in [0.3, 0.4) is 0 Å². The molecule has 2 nitrogen and oxygen atoms in total. The molecule has 0 spiro atoms. The summed E-state index contributed by atoms with van der Waals surface area (Å²) < 4.78 is 5.16. The van der Waals surface area contributed by atoms with Crippen molar-refractivity contribution in [3.63, 3.8) is 0 Å². The van der Waals surface area contributed by atoms with Crippen LogP contribution in [0, 0.1) is 0 Å². The predicted molar refractivity (Wildman–Crippen MR) is 46.7 cm³/mol. The summed E-state index contributed by atoms with van der Waals surface area (Å²) in [4.78, 5) is 10.1. The molecule has 0 unspecified atom stereocenters. The summed E-state index contributed by atoms with van der Waals surface area (Å²) >= 11 is 0. The Morgan fingerprint density at radius 1 is 1.42 bits per heavy atom. The van der Waals surface area contributed by atoms with Gasteiger partial charge in [-0.15, -0.1) is 0 Å². The van der Waals surface area contributed by atoms with E-state index < -0.39 is 0 Å². The Morgan fingerprint density at radius 3 is 2.83 bits per heavy atom. The number of aryl methyl sites for hydroxylation is 1. The third kappa shape index (κ3) is 2.53. The quantitative estimate of drug-likeness (QED) is 0.627. The first-order valence-corrected chi connectivity index (χ1v) is 4.33. The molecule has 12 heavy (non-hydrogen) atoms. The van der Waals surface area contributed by atoms with Crippen molar-refractivity contribution in [2.24, 2.45) is 0 Å². The van der Waals surface area contributed by atoms with E-state index in [0.29, 0.717) is 5.76 Å². The fraction of sp³-hybridized carbons (Fsp3) is 0.500. The van der Waals surface area contributed by atoms with Gasteiger partial charge in [0.25, 0.3) is 6.29 Å². The highest BCUT2D eigenvalue weighted by molar-refractivity contribution is 5.70. The largest absolute Gasteiger partial charge is 0.457 e. The first-order valence-electron chi connectivity index (χ1n) is 4.33. The SMILES string of the molecule is CCCCCc1ccc([C]=O)o1. The van der Waals surface area contributed by atoms with Crippen LogP contribution in [0.25, 0.3) is 0 Å². The standard InChI is InChI=1S/C10H13O2/c1-2-3-4-5-9-6-7-10(8-11)12-9/h6-7H,2-5H2,1H3. The molecule has 2 heteroatoms. The molecule has 0 aliphatic carbocycles. The molecular formula is C10H13O2. The molecule has 0 atom stereocenters.